The molecular formula is C15H20N2O3. The molecule has 5 heteroatoms. The summed E-state index contributed by atoms with van der Waals surface area (Å²) < 4.78 is 5.82. The Morgan fingerprint density at radius 1 is 1.50 bits per heavy atom. The fourth-order valence-corrected chi connectivity index (χ4v) is 2.59. The van der Waals surface area contributed by atoms with E-state index in [-0.39, 0.29) is 0 Å². The van der Waals surface area contributed by atoms with Crippen LogP contribution >= 0.6 is 0 Å². The third kappa shape index (κ3) is 2.78. The van der Waals surface area contributed by atoms with E-state index in [1.54, 1.807) is 17.6 Å². The second-order valence-corrected chi connectivity index (χ2v) is 5.80. The van der Waals surface area contributed by atoms with E-state index < -0.39 is 5.91 Å². The number of fused-ring (bicyclic) bond motifs is 1. The minimum absolute atomic E-state index is 0.373. The first kappa shape index (κ1) is 13.4. The van der Waals surface area contributed by atoms with Gasteiger partial charge in [0.1, 0.15) is 12.4 Å². The smallest absolute Gasteiger partial charge is 0.274 e. The Kier molecular flexibility index (Phi) is 3.63. The zero-order valence-corrected chi connectivity index (χ0v) is 11.6. The highest BCUT2D eigenvalue weighted by atomic mass is 16.5. The molecule has 1 fully saturated rings. The van der Waals surface area contributed by atoms with Crippen molar-refractivity contribution in [3.8, 4) is 5.75 Å². The first-order valence-corrected chi connectivity index (χ1v) is 7.11. The quantitative estimate of drug-likeness (QED) is 0.653. The molecule has 20 heavy (non-hydrogen) atoms. The zero-order valence-electron chi connectivity index (χ0n) is 11.6. The SMILES string of the molecule is CC1COc2cc(C(=O)NO)ccc2CN1CC1CC1. The summed E-state index contributed by atoms with van der Waals surface area (Å²) in [6.45, 7) is 4.79. The molecule has 3 rings (SSSR count). The van der Waals surface area contributed by atoms with Crippen LogP contribution in [-0.2, 0) is 6.54 Å². The third-order valence-corrected chi connectivity index (χ3v) is 4.10. The van der Waals surface area contributed by atoms with E-state index in [9.17, 15) is 4.79 Å². The summed E-state index contributed by atoms with van der Waals surface area (Å²) >= 11 is 0. The number of nitrogens with one attached hydrogen (secondary N) is 1. The molecule has 0 bridgehead atoms. The number of amides is 1. The maximum Gasteiger partial charge on any atom is 0.274 e. The fraction of sp³-hybridized carbons (Fsp3) is 0.533. The predicted octanol–water partition coefficient (Wildman–Crippen LogP) is 1.80. The van der Waals surface area contributed by atoms with Crippen molar-refractivity contribution in [1.82, 2.24) is 10.4 Å². The van der Waals surface area contributed by atoms with Crippen LogP contribution < -0.4 is 10.2 Å². The van der Waals surface area contributed by atoms with E-state index in [0.717, 1.165) is 30.3 Å². The topological polar surface area (TPSA) is 61.8 Å². The standard InChI is InChI=1S/C15H20N2O3/c1-10-9-20-14-6-12(15(18)16-19)4-5-13(14)8-17(10)7-11-2-3-11/h4-6,10-11,19H,2-3,7-9H2,1H3,(H,16,18). The van der Waals surface area contributed by atoms with Crippen molar-refractivity contribution in [2.24, 2.45) is 5.92 Å². The zero-order chi connectivity index (χ0) is 14.1. The molecule has 1 unspecified atom stereocenters. The highest BCUT2D eigenvalue weighted by Gasteiger charge is 2.29. The highest BCUT2D eigenvalue weighted by Crippen LogP contribution is 2.33. The van der Waals surface area contributed by atoms with E-state index in [4.69, 9.17) is 9.94 Å². The van der Waals surface area contributed by atoms with Gasteiger partial charge in [0.15, 0.2) is 0 Å². The lowest BCUT2D eigenvalue weighted by Crippen LogP contribution is -2.36. The Hall–Kier alpha value is -1.59. The van der Waals surface area contributed by atoms with Crippen LogP contribution in [0.4, 0.5) is 0 Å². The number of hydroxylamine groups is 1. The van der Waals surface area contributed by atoms with Crippen LogP contribution in [-0.4, -0.2) is 35.2 Å². The lowest BCUT2D eigenvalue weighted by atomic mass is 10.1. The van der Waals surface area contributed by atoms with E-state index in [2.05, 4.69) is 11.8 Å². The summed E-state index contributed by atoms with van der Waals surface area (Å²) in [7, 11) is 0. The number of nitrogens with zero attached hydrogens (tertiary/aromatic N) is 1. The molecule has 1 aromatic carbocycles. The van der Waals surface area contributed by atoms with Crippen molar-refractivity contribution in [1.29, 1.82) is 0 Å². The summed E-state index contributed by atoms with van der Waals surface area (Å²) in [5.74, 6) is 1.08. The number of hydrogen-bond acceptors (Lipinski definition) is 4. The van der Waals surface area contributed by atoms with Gasteiger partial charge >= 0.3 is 0 Å². The van der Waals surface area contributed by atoms with Gasteiger partial charge in [-0.25, -0.2) is 5.48 Å². The van der Waals surface area contributed by atoms with Crippen LogP contribution in [0.2, 0.25) is 0 Å². The Labute approximate surface area is 118 Å². The lowest BCUT2D eigenvalue weighted by molar-refractivity contribution is 0.0706. The van der Waals surface area contributed by atoms with E-state index in [0.29, 0.717) is 18.2 Å². The van der Waals surface area contributed by atoms with Crippen molar-refractivity contribution in [2.45, 2.75) is 32.4 Å². The molecule has 5 nitrogen and oxygen atoms in total. The van der Waals surface area contributed by atoms with Crippen LogP contribution in [0.25, 0.3) is 0 Å². The molecule has 1 saturated carbocycles. The van der Waals surface area contributed by atoms with Gasteiger partial charge in [0.05, 0.1) is 0 Å². The molecule has 0 saturated heterocycles. The highest BCUT2D eigenvalue weighted by molar-refractivity contribution is 5.93. The van der Waals surface area contributed by atoms with Crippen LogP contribution in [0.5, 0.6) is 5.75 Å². The van der Waals surface area contributed by atoms with Gasteiger partial charge in [0, 0.05) is 30.3 Å². The second-order valence-electron chi connectivity index (χ2n) is 5.80. The molecule has 1 heterocycles. The number of hydrogen-bond donors (Lipinski definition) is 2. The Morgan fingerprint density at radius 2 is 2.30 bits per heavy atom. The average Bonchev–Trinajstić information content (AvgIpc) is 3.28. The average molecular weight is 276 g/mol. The van der Waals surface area contributed by atoms with Gasteiger partial charge < -0.3 is 4.74 Å². The van der Waals surface area contributed by atoms with Crippen molar-refractivity contribution in [3.63, 3.8) is 0 Å². The molecule has 0 aromatic heterocycles. The summed E-state index contributed by atoms with van der Waals surface area (Å²) in [5, 5.41) is 8.69. The van der Waals surface area contributed by atoms with Crippen LogP contribution in [0.15, 0.2) is 18.2 Å². The molecule has 1 aliphatic heterocycles. The first-order valence-electron chi connectivity index (χ1n) is 7.11. The van der Waals surface area contributed by atoms with Crippen molar-refractivity contribution < 1.29 is 14.7 Å². The van der Waals surface area contributed by atoms with Crippen LogP contribution in [0.3, 0.4) is 0 Å². The minimum Gasteiger partial charge on any atom is -0.492 e. The number of carbonyl (C=O) groups is 1. The molecular weight excluding hydrogens is 256 g/mol. The van der Waals surface area contributed by atoms with E-state index in [1.165, 1.54) is 12.8 Å². The molecule has 0 radical (unpaired) electrons. The minimum atomic E-state index is -0.511. The van der Waals surface area contributed by atoms with Gasteiger partial charge in [-0.3, -0.25) is 14.9 Å². The second kappa shape index (κ2) is 5.42. The van der Waals surface area contributed by atoms with Crippen molar-refractivity contribution >= 4 is 5.91 Å². The number of ether oxygens (including phenoxy) is 1. The third-order valence-electron chi connectivity index (χ3n) is 4.10. The molecule has 1 aliphatic carbocycles. The van der Waals surface area contributed by atoms with Crippen LogP contribution in [0, 0.1) is 5.92 Å². The van der Waals surface area contributed by atoms with E-state index >= 15 is 0 Å². The monoisotopic (exact) mass is 276 g/mol. The van der Waals surface area contributed by atoms with Gasteiger partial charge in [0.2, 0.25) is 0 Å². The van der Waals surface area contributed by atoms with Gasteiger partial charge in [-0.1, -0.05) is 6.07 Å². The maximum absolute atomic E-state index is 11.4. The molecule has 1 atom stereocenters. The number of benzene rings is 1. The molecule has 2 N–H and O–H groups in total. The lowest BCUT2D eigenvalue weighted by Gasteiger charge is -2.25. The maximum atomic E-state index is 11.4. The summed E-state index contributed by atoms with van der Waals surface area (Å²) in [4.78, 5) is 13.9. The molecule has 1 amide bonds. The van der Waals surface area contributed by atoms with Gasteiger partial charge in [-0.05, 0) is 37.8 Å². The normalized spacial score (nSPS) is 22.6. The molecule has 0 spiro atoms. The van der Waals surface area contributed by atoms with Crippen molar-refractivity contribution in [3.05, 3.63) is 29.3 Å². The Bertz CT molecular complexity index is 514. The predicted molar refractivity (Wildman–Crippen MR) is 73.8 cm³/mol. The van der Waals surface area contributed by atoms with E-state index in [1.807, 2.05) is 6.07 Å². The Morgan fingerprint density at radius 3 is 3.00 bits per heavy atom. The van der Waals surface area contributed by atoms with Gasteiger partial charge in [-0.15, -0.1) is 0 Å². The summed E-state index contributed by atoms with van der Waals surface area (Å²) in [6, 6.07) is 5.71. The van der Waals surface area contributed by atoms with Crippen molar-refractivity contribution in [2.75, 3.05) is 13.2 Å². The summed E-state index contributed by atoms with van der Waals surface area (Å²) in [6.07, 6.45) is 2.68. The summed E-state index contributed by atoms with van der Waals surface area (Å²) in [5.41, 5.74) is 3.16. The van der Waals surface area contributed by atoms with Crippen LogP contribution in [0.1, 0.15) is 35.7 Å². The fourth-order valence-electron chi connectivity index (χ4n) is 2.59. The first-order chi connectivity index (χ1) is 9.67. The molecule has 108 valence electrons. The number of carbonyl (C=O) groups excluding carboxylic acids is 1. The molecule has 1 aromatic rings. The largest absolute Gasteiger partial charge is 0.492 e. The van der Waals surface area contributed by atoms with Gasteiger partial charge in [-0.2, -0.15) is 0 Å². The Balaban J connectivity index is 1.81. The number of rotatable bonds is 3. The molecule has 2 aliphatic rings. The van der Waals surface area contributed by atoms with Gasteiger partial charge in [0.25, 0.3) is 5.91 Å².